The average molecular weight is 578 g/mol. The molecule has 0 radical (unpaired) electrons. The van der Waals surface area contributed by atoms with E-state index in [2.05, 4.69) is 32.2 Å². The first kappa shape index (κ1) is 30.5. The summed E-state index contributed by atoms with van der Waals surface area (Å²) in [6.45, 7) is 5.20. The van der Waals surface area contributed by atoms with Crippen molar-refractivity contribution in [2.75, 3.05) is 39.7 Å². The Hall–Kier alpha value is -4.45. The van der Waals surface area contributed by atoms with Crippen LogP contribution in [0.25, 0.3) is 11.2 Å². The molecule has 3 heterocycles. The van der Waals surface area contributed by atoms with Crippen LogP contribution in [0.3, 0.4) is 0 Å². The molecule has 1 aromatic carbocycles. The lowest BCUT2D eigenvalue weighted by Crippen LogP contribution is -2.16. The Morgan fingerprint density at radius 2 is 1.81 bits per heavy atom. The lowest BCUT2D eigenvalue weighted by Gasteiger charge is -2.10. The van der Waals surface area contributed by atoms with Gasteiger partial charge in [0.05, 0.1) is 40.4 Å². The molecule has 0 amide bonds. The number of carbonyl (C=O) groups is 1. The molecule has 42 heavy (non-hydrogen) atoms. The SMILES string of the molecule is CCCCOc1nc(N)c2nc(OC)n(Cc3ccc(OCCCCNCc4cccc(CC(=O)OC)c4)nc3)c2n1. The summed E-state index contributed by atoms with van der Waals surface area (Å²) in [7, 11) is 2.95. The van der Waals surface area contributed by atoms with Gasteiger partial charge in [0, 0.05) is 18.8 Å². The maximum Gasteiger partial charge on any atom is 0.320 e. The van der Waals surface area contributed by atoms with Crippen LogP contribution in [-0.4, -0.2) is 64.5 Å². The van der Waals surface area contributed by atoms with E-state index in [4.69, 9.17) is 24.7 Å². The van der Waals surface area contributed by atoms with Crippen molar-refractivity contribution in [3.8, 4) is 17.9 Å². The molecule has 0 fully saturated rings. The molecule has 0 unspecified atom stereocenters. The minimum atomic E-state index is -0.237. The van der Waals surface area contributed by atoms with Crippen molar-refractivity contribution in [1.29, 1.82) is 0 Å². The number of unbranched alkanes of at least 4 members (excludes halogenated alkanes) is 2. The Labute approximate surface area is 245 Å². The summed E-state index contributed by atoms with van der Waals surface area (Å²) in [4.78, 5) is 29.2. The van der Waals surface area contributed by atoms with Crippen molar-refractivity contribution < 1.29 is 23.7 Å². The first-order valence-corrected chi connectivity index (χ1v) is 14.1. The summed E-state index contributed by atoms with van der Waals surface area (Å²) < 4.78 is 23.6. The molecule has 0 bridgehead atoms. The normalized spacial score (nSPS) is 11.0. The summed E-state index contributed by atoms with van der Waals surface area (Å²) in [6.07, 6.45) is 5.80. The molecular weight excluding hydrogens is 538 g/mol. The van der Waals surface area contributed by atoms with Gasteiger partial charge in [-0.3, -0.25) is 9.36 Å². The van der Waals surface area contributed by atoms with Crippen molar-refractivity contribution in [1.82, 2.24) is 29.8 Å². The first-order chi connectivity index (χ1) is 20.5. The maximum absolute atomic E-state index is 11.5. The van der Waals surface area contributed by atoms with E-state index in [9.17, 15) is 4.79 Å². The molecule has 0 atom stereocenters. The van der Waals surface area contributed by atoms with E-state index in [0.29, 0.717) is 42.8 Å². The standard InChI is InChI=1S/C30H39N7O5/c1-4-5-14-42-29-35-27(31)26-28(36-29)37(30(34-26)40-3)20-23-11-12-24(33-19-23)41-15-7-6-13-32-18-22-10-8-9-21(16-22)17-25(38)39-2/h8-12,16,19,32H,4-7,13-15,17-18,20H2,1-3H3,(H2,31,35,36). The van der Waals surface area contributed by atoms with E-state index in [1.54, 1.807) is 13.3 Å². The zero-order valence-corrected chi connectivity index (χ0v) is 24.5. The molecule has 3 aromatic heterocycles. The minimum absolute atomic E-state index is 0.221. The van der Waals surface area contributed by atoms with Gasteiger partial charge in [-0.25, -0.2) is 4.98 Å². The quantitative estimate of drug-likeness (QED) is 0.140. The highest BCUT2D eigenvalue weighted by Crippen LogP contribution is 2.26. The van der Waals surface area contributed by atoms with Gasteiger partial charge in [-0.1, -0.05) is 43.7 Å². The number of carbonyl (C=O) groups excluding carboxylic acids is 1. The van der Waals surface area contributed by atoms with Gasteiger partial charge in [-0.15, -0.1) is 0 Å². The molecule has 0 saturated carbocycles. The topological polar surface area (TPSA) is 149 Å². The maximum atomic E-state index is 11.5. The highest BCUT2D eigenvalue weighted by Gasteiger charge is 2.18. The fourth-order valence-corrected chi connectivity index (χ4v) is 4.27. The van der Waals surface area contributed by atoms with E-state index in [1.165, 1.54) is 7.11 Å². The third-order valence-corrected chi connectivity index (χ3v) is 6.51. The van der Waals surface area contributed by atoms with E-state index in [1.807, 2.05) is 41.0 Å². The van der Waals surface area contributed by atoms with Gasteiger partial charge < -0.3 is 30.0 Å². The third-order valence-electron chi connectivity index (χ3n) is 6.51. The predicted octanol–water partition coefficient (Wildman–Crippen LogP) is 3.70. The number of anilines is 1. The van der Waals surface area contributed by atoms with Crippen LogP contribution in [0, 0.1) is 0 Å². The summed E-state index contributed by atoms with van der Waals surface area (Å²) in [5.74, 6) is 0.569. The number of ether oxygens (including phenoxy) is 4. The number of imidazole rings is 1. The van der Waals surface area contributed by atoms with Crippen molar-refractivity contribution in [3.05, 3.63) is 59.3 Å². The molecule has 3 N–H and O–H groups in total. The summed E-state index contributed by atoms with van der Waals surface area (Å²) in [5.41, 5.74) is 10.1. The second-order valence-electron chi connectivity index (χ2n) is 9.76. The molecular formula is C30H39N7O5. The number of pyridine rings is 1. The van der Waals surface area contributed by atoms with Gasteiger partial charge in [0.2, 0.25) is 5.88 Å². The first-order valence-electron chi connectivity index (χ1n) is 14.1. The Morgan fingerprint density at radius 1 is 0.976 bits per heavy atom. The minimum Gasteiger partial charge on any atom is -0.478 e. The summed E-state index contributed by atoms with van der Waals surface area (Å²) in [6, 6.07) is 12.4. The second kappa shape index (κ2) is 15.5. The zero-order chi connectivity index (χ0) is 29.7. The lowest BCUT2D eigenvalue weighted by molar-refractivity contribution is -0.139. The Kier molecular flexibility index (Phi) is 11.3. The molecule has 224 valence electrons. The Balaban J connectivity index is 1.23. The number of methoxy groups -OCH3 is 2. The fraction of sp³-hybridized carbons (Fsp3) is 0.433. The number of nitrogens with one attached hydrogen (secondary N) is 1. The number of aromatic nitrogens is 5. The summed E-state index contributed by atoms with van der Waals surface area (Å²) in [5, 5.41) is 3.43. The van der Waals surface area contributed by atoms with Crippen molar-refractivity contribution in [3.63, 3.8) is 0 Å². The molecule has 12 heteroatoms. The van der Waals surface area contributed by atoms with Gasteiger partial charge in [-0.05, 0) is 42.5 Å². The number of fused-ring (bicyclic) bond motifs is 1. The number of nitrogens with zero attached hydrogens (tertiary/aromatic N) is 5. The van der Waals surface area contributed by atoms with Crippen LogP contribution in [-0.2, 0) is 29.0 Å². The number of nitrogens with two attached hydrogens (primary N) is 1. The molecule has 0 saturated heterocycles. The van der Waals surface area contributed by atoms with Gasteiger partial charge in [0.15, 0.2) is 17.0 Å². The lowest BCUT2D eigenvalue weighted by atomic mass is 10.1. The van der Waals surface area contributed by atoms with Crippen molar-refractivity contribution in [2.45, 2.75) is 52.1 Å². The van der Waals surface area contributed by atoms with Crippen LogP contribution in [0.2, 0.25) is 0 Å². The number of rotatable bonds is 17. The number of hydrogen-bond acceptors (Lipinski definition) is 11. The Morgan fingerprint density at radius 3 is 2.57 bits per heavy atom. The third kappa shape index (κ3) is 8.53. The van der Waals surface area contributed by atoms with Crippen LogP contribution in [0.4, 0.5) is 5.82 Å². The average Bonchev–Trinajstić information content (AvgIpc) is 3.35. The number of nitrogen functional groups attached to an aromatic ring is 1. The monoisotopic (exact) mass is 577 g/mol. The van der Waals surface area contributed by atoms with Gasteiger partial charge in [0.25, 0.3) is 6.01 Å². The van der Waals surface area contributed by atoms with Gasteiger partial charge in [-0.2, -0.15) is 15.0 Å². The largest absolute Gasteiger partial charge is 0.478 e. The van der Waals surface area contributed by atoms with Crippen LogP contribution >= 0.6 is 0 Å². The Bertz CT molecular complexity index is 1440. The van der Waals surface area contributed by atoms with Crippen LogP contribution in [0.1, 0.15) is 49.3 Å². The number of esters is 1. The second-order valence-corrected chi connectivity index (χ2v) is 9.76. The van der Waals surface area contributed by atoms with Gasteiger partial charge in [0.1, 0.15) is 0 Å². The fourth-order valence-electron chi connectivity index (χ4n) is 4.27. The van der Waals surface area contributed by atoms with E-state index < -0.39 is 0 Å². The molecule has 4 aromatic rings. The molecule has 0 aliphatic carbocycles. The molecule has 4 rings (SSSR count). The highest BCUT2D eigenvalue weighted by molar-refractivity contribution is 5.83. The zero-order valence-electron chi connectivity index (χ0n) is 24.5. The van der Waals surface area contributed by atoms with Crippen LogP contribution in [0.5, 0.6) is 17.9 Å². The predicted molar refractivity (Wildman–Crippen MR) is 159 cm³/mol. The molecule has 0 spiro atoms. The smallest absolute Gasteiger partial charge is 0.320 e. The molecule has 12 nitrogen and oxygen atoms in total. The number of benzene rings is 1. The van der Waals surface area contributed by atoms with Crippen LogP contribution in [0.15, 0.2) is 42.6 Å². The molecule has 0 aliphatic heterocycles. The van der Waals surface area contributed by atoms with Crippen molar-refractivity contribution >= 4 is 23.0 Å². The van der Waals surface area contributed by atoms with E-state index in [-0.39, 0.29) is 24.2 Å². The van der Waals surface area contributed by atoms with Gasteiger partial charge >= 0.3 is 12.0 Å². The van der Waals surface area contributed by atoms with E-state index >= 15 is 0 Å². The molecule has 0 aliphatic rings. The number of hydrogen-bond donors (Lipinski definition) is 2. The van der Waals surface area contributed by atoms with Crippen LogP contribution < -0.4 is 25.3 Å². The highest BCUT2D eigenvalue weighted by atomic mass is 16.5. The van der Waals surface area contributed by atoms with Crippen molar-refractivity contribution in [2.24, 2.45) is 0 Å². The summed E-state index contributed by atoms with van der Waals surface area (Å²) >= 11 is 0. The van der Waals surface area contributed by atoms with E-state index in [0.717, 1.165) is 55.5 Å².